The molecule has 0 saturated heterocycles. The number of nitrogens with one attached hydrogen (secondary N) is 2. The summed E-state index contributed by atoms with van der Waals surface area (Å²) in [4.78, 5) is 22.2. The summed E-state index contributed by atoms with van der Waals surface area (Å²) in [7, 11) is 0. The molecule has 0 bridgehead atoms. The third-order valence-electron chi connectivity index (χ3n) is 2.49. The van der Waals surface area contributed by atoms with Crippen molar-refractivity contribution in [1.82, 2.24) is 10.6 Å². The van der Waals surface area contributed by atoms with Gasteiger partial charge in [0, 0.05) is 13.1 Å². The third-order valence-corrected chi connectivity index (χ3v) is 2.49. The third kappa shape index (κ3) is 17.9. The van der Waals surface area contributed by atoms with Crippen molar-refractivity contribution in [2.75, 3.05) is 52.7 Å². The molecule has 0 aromatic carbocycles. The van der Waals surface area contributed by atoms with E-state index in [1.807, 2.05) is 13.8 Å². The molecule has 0 aliphatic carbocycles. The minimum Gasteiger partial charge on any atom is -0.450 e. The van der Waals surface area contributed by atoms with Gasteiger partial charge in [0.25, 0.3) is 0 Å². The van der Waals surface area contributed by atoms with Crippen LogP contribution in [0.3, 0.4) is 0 Å². The van der Waals surface area contributed by atoms with E-state index in [1.54, 1.807) is 0 Å². The number of amides is 2. The molecule has 8 nitrogen and oxygen atoms in total. The number of hydrogen-bond donors (Lipinski definition) is 2. The van der Waals surface area contributed by atoms with E-state index in [-0.39, 0.29) is 13.2 Å². The van der Waals surface area contributed by atoms with Gasteiger partial charge in [0.1, 0.15) is 13.2 Å². The lowest BCUT2D eigenvalue weighted by molar-refractivity contribution is 0.134. The van der Waals surface area contributed by atoms with Crippen molar-refractivity contribution in [1.29, 1.82) is 0 Å². The average Bonchev–Trinajstić information content (AvgIpc) is 2.64. The van der Waals surface area contributed by atoms with Crippen LogP contribution in [0.4, 0.5) is 9.59 Å². The van der Waals surface area contributed by atoms with Gasteiger partial charge in [-0.05, 0) is 24.7 Å². The molecular weight excluding hydrogens is 340 g/mol. The Morgan fingerprint density at radius 1 is 0.731 bits per heavy atom. The number of rotatable bonds is 12. The molecule has 0 unspecified atom stereocenters. The number of hydrogen-bond acceptors (Lipinski definition) is 6. The number of carbonyl (C=O) groups excluding carboxylic acids is 2. The predicted octanol–water partition coefficient (Wildman–Crippen LogP) is 1.30. The van der Waals surface area contributed by atoms with E-state index in [0.717, 1.165) is 12.8 Å². The van der Waals surface area contributed by atoms with Crippen LogP contribution in [-0.4, -0.2) is 64.9 Å². The summed E-state index contributed by atoms with van der Waals surface area (Å²) in [5.74, 6) is 10.7. The van der Waals surface area contributed by atoms with Crippen LogP contribution in [0.15, 0.2) is 0 Å². The van der Waals surface area contributed by atoms with Gasteiger partial charge in [-0.3, -0.25) is 0 Å². The van der Waals surface area contributed by atoms with Crippen LogP contribution in [0, 0.1) is 23.7 Å². The Kier molecular flexibility index (Phi) is 17.2. The monoisotopic (exact) mass is 368 g/mol. The van der Waals surface area contributed by atoms with E-state index in [0.29, 0.717) is 39.5 Å². The van der Waals surface area contributed by atoms with Crippen molar-refractivity contribution in [3.8, 4) is 23.7 Å². The first-order chi connectivity index (χ1) is 12.7. The molecule has 0 saturated carbocycles. The lowest BCUT2D eigenvalue weighted by Crippen LogP contribution is -2.28. The van der Waals surface area contributed by atoms with Gasteiger partial charge in [-0.15, -0.1) is 0 Å². The fourth-order valence-corrected chi connectivity index (χ4v) is 1.35. The maximum atomic E-state index is 11.1. The lowest BCUT2D eigenvalue weighted by atomic mass is 10.5. The average molecular weight is 368 g/mol. The van der Waals surface area contributed by atoms with E-state index in [2.05, 4.69) is 34.3 Å². The molecular formula is C18H28N2O6. The maximum Gasteiger partial charge on any atom is 0.407 e. The zero-order chi connectivity index (χ0) is 19.3. The summed E-state index contributed by atoms with van der Waals surface area (Å²) in [6, 6.07) is 0. The summed E-state index contributed by atoms with van der Waals surface area (Å²) in [5, 5.41) is 5.11. The molecule has 0 fully saturated rings. The van der Waals surface area contributed by atoms with Crippen LogP contribution in [-0.2, 0) is 18.9 Å². The van der Waals surface area contributed by atoms with Gasteiger partial charge in [-0.1, -0.05) is 25.7 Å². The molecule has 8 heteroatoms. The summed E-state index contributed by atoms with van der Waals surface area (Å²) >= 11 is 0. The smallest absolute Gasteiger partial charge is 0.407 e. The van der Waals surface area contributed by atoms with Crippen molar-refractivity contribution in [2.45, 2.75) is 26.7 Å². The van der Waals surface area contributed by atoms with Crippen molar-refractivity contribution in [3.63, 3.8) is 0 Å². The first-order valence-electron chi connectivity index (χ1n) is 8.63. The zero-order valence-corrected chi connectivity index (χ0v) is 15.5. The van der Waals surface area contributed by atoms with Crippen LogP contribution in [0.2, 0.25) is 0 Å². The lowest BCUT2D eigenvalue weighted by Gasteiger charge is -2.05. The maximum absolute atomic E-state index is 11.1. The first kappa shape index (κ1) is 23.6. The van der Waals surface area contributed by atoms with Gasteiger partial charge in [0.2, 0.25) is 0 Å². The second-order valence-corrected chi connectivity index (χ2v) is 4.83. The minimum absolute atomic E-state index is 0.227. The first-order valence-corrected chi connectivity index (χ1v) is 8.63. The van der Waals surface area contributed by atoms with Crippen LogP contribution in [0.5, 0.6) is 0 Å². The molecule has 0 aromatic rings. The summed E-state index contributed by atoms with van der Waals surface area (Å²) in [6.07, 6.45) is 0.688. The highest BCUT2D eigenvalue weighted by Gasteiger charge is 1.99. The Hall–Kier alpha value is -2.42. The van der Waals surface area contributed by atoms with E-state index in [1.165, 1.54) is 0 Å². The summed E-state index contributed by atoms with van der Waals surface area (Å²) in [6.45, 7) is 6.54. The topological polar surface area (TPSA) is 95.1 Å². The van der Waals surface area contributed by atoms with Gasteiger partial charge < -0.3 is 29.6 Å². The van der Waals surface area contributed by atoms with E-state index >= 15 is 0 Å². The van der Waals surface area contributed by atoms with Gasteiger partial charge in [-0.25, -0.2) is 9.59 Å². The quantitative estimate of drug-likeness (QED) is 0.398. The fraction of sp³-hybridized carbons (Fsp3) is 0.667. The fourth-order valence-electron chi connectivity index (χ4n) is 1.35. The molecule has 26 heavy (non-hydrogen) atoms. The van der Waals surface area contributed by atoms with Gasteiger partial charge in [0.15, 0.2) is 0 Å². The summed E-state index contributed by atoms with van der Waals surface area (Å²) in [5.41, 5.74) is 0. The predicted molar refractivity (Wildman–Crippen MR) is 96.5 cm³/mol. The van der Waals surface area contributed by atoms with Gasteiger partial charge in [0.05, 0.1) is 26.4 Å². The van der Waals surface area contributed by atoms with Crippen molar-refractivity contribution in [3.05, 3.63) is 0 Å². The highest BCUT2D eigenvalue weighted by Crippen LogP contribution is 1.82. The second-order valence-electron chi connectivity index (χ2n) is 4.83. The minimum atomic E-state index is -0.444. The van der Waals surface area contributed by atoms with Gasteiger partial charge in [-0.2, -0.15) is 0 Å². The number of alkyl carbamates (subject to hydrolysis) is 2. The number of carbonyl (C=O) groups is 2. The molecule has 0 radical (unpaired) electrons. The highest BCUT2D eigenvalue weighted by molar-refractivity contribution is 5.67. The SMILES string of the molecule is CCCOC(=O)NCCOCC#CC#CCOCCNC(=O)OCCC. The molecule has 2 amide bonds. The van der Waals surface area contributed by atoms with E-state index in [4.69, 9.17) is 18.9 Å². The Morgan fingerprint density at radius 2 is 1.15 bits per heavy atom. The number of ether oxygens (including phenoxy) is 4. The zero-order valence-electron chi connectivity index (χ0n) is 15.5. The normalized spacial score (nSPS) is 9.15. The Balaban J connectivity index is 3.44. The molecule has 146 valence electrons. The molecule has 2 N–H and O–H groups in total. The Labute approximate surface area is 155 Å². The van der Waals surface area contributed by atoms with Gasteiger partial charge >= 0.3 is 12.2 Å². The molecule has 0 atom stereocenters. The highest BCUT2D eigenvalue weighted by atomic mass is 16.6. The second kappa shape index (κ2) is 18.9. The summed E-state index contributed by atoms with van der Waals surface area (Å²) < 4.78 is 20.1. The van der Waals surface area contributed by atoms with Crippen molar-refractivity contribution in [2.24, 2.45) is 0 Å². The van der Waals surface area contributed by atoms with E-state index in [9.17, 15) is 9.59 Å². The van der Waals surface area contributed by atoms with Crippen LogP contribution < -0.4 is 10.6 Å². The van der Waals surface area contributed by atoms with Crippen LogP contribution in [0.1, 0.15) is 26.7 Å². The van der Waals surface area contributed by atoms with E-state index < -0.39 is 12.2 Å². The Morgan fingerprint density at radius 3 is 1.54 bits per heavy atom. The molecule has 0 spiro atoms. The van der Waals surface area contributed by atoms with Crippen LogP contribution >= 0.6 is 0 Å². The van der Waals surface area contributed by atoms with Crippen LogP contribution in [0.25, 0.3) is 0 Å². The molecule has 0 rings (SSSR count). The molecule has 0 aliphatic rings. The molecule has 0 aliphatic heterocycles. The van der Waals surface area contributed by atoms with Crippen molar-refractivity contribution >= 4 is 12.2 Å². The standard InChI is InChI=1S/C18H28N2O6/c1-3-11-25-17(21)19-9-15-23-13-7-5-6-8-14-24-16-10-20-18(22)26-12-4-2/h3-4,9-16H2,1-2H3,(H,19,21)(H,20,22). The molecule has 0 aromatic heterocycles. The van der Waals surface area contributed by atoms with Crippen molar-refractivity contribution < 1.29 is 28.5 Å². The largest absolute Gasteiger partial charge is 0.450 e. The Bertz CT molecular complexity index is 455. The molecule has 0 heterocycles.